The highest BCUT2D eigenvalue weighted by Gasteiger charge is 2.55. The van der Waals surface area contributed by atoms with Gasteiger partial charge in [0.1, 0.15) is 15.8 Å². The normalized spacial score (nSPS) is 22.0. The van der Waals surface area contributed by atoms with E-state index in [1.165, 1.54) is 34.7 Å². The molecule has 2 aliphatic heterocycles. The van der Waals surface area contributed by atoms with Gasteiger partial charge in [0.2, 0.25) is 5.91 Å². The van der Waals surface area contributed by atoms with Crippen molar-refractivity contribution in [1.29, 1.82) is 0 Å². The topological polar surface area (TPSA) is 133 Å². The molecule has 0 aromatic carbocycles. The summed E-state index contributed by atoms with van der Waals surface area (Å²) in [4.78, 5) is 52.6. The first-order valence-electron chi connectivity index (χ1n) is 10.7. The quantitative estimate of drug-likeness (QED) is 0.465. The van der Waals surface area contributed by atoms with Crippen molar-refractivity contribution in [3.05, 3.63) is 17.0 Å². The molecule has 3 aliphatic rings. The van der Waals surface area contributed by atoms with Gasteiger partial charge in [-0.15, -0.1) is 11.3 Å². The van der Waals surface area contributed by atoms with E-state index >= 15 is 0 Å². The van der Waals surface area contributed by atoms with Crippen LogP contribution in [0.4, 0.5) is 4.79 Å². The molecule has 0 radical (unpaired) electrons. The molecule has 1 N–H and O–H groups in total. The smallest absolute Gasteiger partial charge is 0.338 e. The minimum atomic E-state index is -3.82. The Kier molecular flexibility index (Phi) is 6.22. The van der Waals surface area contributed by atoms with Crippen molar-refractivity contribution in [3.63, 3.8) is 0 Å². The van der Waals surface area contributed by atoms with Gasteiger partial charge in [-0.3, -0.25) is 9.59 Å². The van der Waals surface area contributed by atoms with Crippen LogP contribution in [-0.2, 0) is 24.3 Å². The third-order valence-electron chi connectivity index (χ3n) is 6.54. The molecule has 1 saturated carbocycles. The van der Waals surface area contributed by atoms with Crippen molar-refractivity contribution < 1.29 is 32.3 Å². The number of hydrogen-bond acceptors (Lipinski definition) is 8. The summed E-state index contributed by atoms with van der Waals surface area (Å²) in [6.07, 6.45) is 2.85. The van der Waals surface area contributed by atoms with E-state index in [2.05, 4.69) is 10.1 Å². The van der Waals surface area contributed by atoms with E-state index in [1.807, 2.05) is 0 Å². The van der Waals surface area contributed by atoms with Crippen LogP contribution in [0.2, 0.25) is 0 Å². The number of carbonyl (C=O) groups is 4. The standard InChI is InChI=1S/C20H26N4O7S2/c1-13(24-18(27)20(21-19(24)28)5-3-4-6-20)16(25)22-7-9-23(10-8-22)33(29,30)15-11-14(12-32-15)17(26)31-2/h11-13H,3-10H2,1-2H3,(H,21,28). The number of ether oxygens (including phenoxy) is 1. The molecule has 4 rings (SSSR count). The number of carbonyl (C=O) groups excluding carboxylic acids is 4. The van der Waals surface area contributed by atoms with Gasteiger partial charge in [-0.25, -0.2) is 22.9 Å². The van der Waals surface area contributed by atoms with Gasteiger partial charge in [0.15, 0.2) is 0 Å². The van der Waals surface area contributed by atoms with Gasteiger partial charge in [-0.05, 0) is 25.8 Å². The van der Waals surface area contributed by atoms with Gasteiger partial charge in [0, 0.05) is 31.6 Å². The number of nitrogens with zero attached hydrogens (tertiary/aromatic N) is 3. The van der Waals surface area contributed by atoms with Crippen LogP contribution in [0.15, 0.2) is 15.7 Å². The van der Waals surface area contributed by atoms with Crippen molar-refractivity contribution >= 4 is 45.2 Å². The Balaban J connectivity index is 1.40. The van der Waals surface area contributed by atoms with E-state index in [1.54, 1.807) is 0 Å². The fraction of sp³-hybridized carbons (Fsp3) is 0.600. The van der Waals surface area contributed by atoms with Crippen molar-refractivity contribution in [2.45, 2.75) is 48.4 Å². The second kappa shape index (κ2) is 8.69. The molecular weight excluding hydrogens is 472 g/mol. The number of urea groups is 1. The van der Waals surface area contributed by atoms with E-state index in [4.69, 9.17) is 0 Å². The SMILES string of the molecule is COC(=O)c1csc(S(=O)(=O)N2CCN(C(=O)C(C)N3C(=O)NC4(CCCC4)C3=O)CC2)c1. The molecule has 3 fully saturated rings. The lowest BCUT2D eigenvalue weighted by Crippen LogP contribution is -2.56. The van der Waals surface area contributed by atoms with Crippen LogP contribution in [0.25, 0.3) is 0 Å². The van der Waals surface area contributed by atoms with E-state index in [9.17, 15) is 27.6 Å². The first-order valence-corrected chi connectivity index (χ1v) is 13.0. The van der Waals surface area contributed by atoms with Crippen molar-refractivity contribution in [2.75, 3.05) is 33.3 Å². The summed E-state index contributed by atoms with van der Waals surface area (Å²) in [5.74, 6) is -1.36. The van der Waals surface area contributed by atoms with E-state index < -0.39 is 39.5 Å². The van der Waals surface area contributed by atoms with E-state index in [0.717, 1.165) is 29.1 Å². The first kappa shape index (κ1) is 23.6. The van der Waals surface area contributed by atoms with Crippen LogP contribution in [0, 0.1) is 0 Å². The number of thiophene rings is 1. The van der Waals surface area contributed by atoms with Crippen molar-refractivity contribution in [3.8, 4) is 0 Å². The molecule has 180 valence electrons. The van der Waals surface area contributed by atoms with Crippen LogP contribution < -0.4 is 5.32 Å². The van der Waals surface area contributed by atoms with Gasteiger partial charge in [-0.1, -0.05) is 12.8 Å². The highest BCUT2D eigenvalue weighted by atomic mass is 32.2. The first-order chi connectivity index (χ1) is 15.6. The van der Waals surface area contributed by atoms with Crippen LogP contribution in [0.1, 0.15) is 43.0 Å². The second-order valence-corrected chi connectivity index (χ2v) is 11.5. The zero-order valence-corrected chi connectivity index (χ0v) is 20.0. The summed E-state index contributed by atoms with van der Waals surface area (Å²) >= 11 is 0.933. The fourth-order valence-electron chi connectivity index (χ4n) is 4.64. The molecule has 1 atom stereocenters. The molecule has 1 spiro atoms. The van der Waals surface area contributed by atoms with Crippen LogP contribution in [0.3, 0.4) is 0 Å². The largest absolute Gasteiger partial charge is 0.465 e. The minimum Gasteiger partial charge on any atom is -0.465 e. The zero-order chi connectivity index (χ0) is 24.0. The molecular formula is C20H26N4O7S2. The highest BCUT2D eigenvalue weighted by Crippen LogP contribution is 2.36. The number of hydrogen-bond donors (Lipinski definition) is 1. The Labute approximate surface area is 195 Å². The third-order valence-corrected chi connectivity index (χ3v) is 9.85. The van der Waals surface area contributed by atoms with Gasteiger partial charge in [0.05, 0.1) is 12.7 Å². The number of amides is 4. The minimum absolute atomic E-state index is 0.0252. The molecule has 3 heterocycles. The molecule has 1 aromatic heterocycles. The van der Waals surface area contributed by atoms with E-state index in [0.29, 0.717) is 12.8 Å². The zero-order valence-electron chi connectivity index (χ0n) is 18.4. The Morgan fingerprint density at radius 1 is 1.15 bits per heavy atom. The molecule has 33 heavy (non-hydrogen) atoms. The molecule has 2 saturated heterocycles. The number of sulfonamides is 1. The lowest BCUT2D eigenvalue weighted by atomic mass is 9.97. The highest BCUT2D eigenvalue weighted by molar-refractivity contribution is 7.91. The van der Waals surface area contributed by atoms with Crippen LogP contribution in [-0.4, -0.2) is 91.2 Å². The maximum atomic E-state index is 13.1. The summed E-state index contributed by atoms with van der Waals surface area (Å²) in [6.45, 7) is 1.92. The van der Waals surface area contributed by atoms with E-state index in [-0.39, 0.29) is 41.9 Å². The fourth-order valence-corrected chi connectivity index (χ4v) is 7.36. The Bertz CT molecular complexity index is 1090. The molecule has 13 heteroatoms. The molecule has 1 unspecified atom stereocenters. The number of imide groups is 1. The van der Waals surface area contributed by atoms with Gasteiger partial charge in [0.25, 0.3) is 15.9 Å². The average Bonchev–Trinajstić information content (AvgIpc) is 3.53. The predicted octanol–water partition coefficient (Wildman–Crippen LogP) is 0.621. The van der Waals surface area contributed by atoms with Crippen LogP contribution in [0.5, 0.6) is 0 Å². The summed E-state index contributed by atoms with van der Waals surface area (Å²) in [6, 6.07) is -0.245. The number of nitrogens with one attached hydrogen (secondary N) is 1. The van der Waals surface area contributed by atoms with Crippen LogP contribution >= 0.6 is 11.3 Å². The lowest BCUT2D eigenvalue weighted by molar-refractivity contribution is -0.143. The maximum Gasteiger partial charge on any atom is 0.338 e. The Morgan fingerprint density at radius 3 is 2.39 bits per heavy atom. The maximum absolute atomic E-state index is 13.1. The number of rotatable bonds is 5. The lowest BCUT2D eigenvalue weighted by Gasteiger charge is -2.36. The van der Waals surface area contributed by atoms with Crippen molar-refractivity contribution in [2.24, 2.45) is 0 Å². The second-order valence-electron chi connectivity index (χ2n) is 8.45. The molecule has 1 aromatic rings. The molecule has 11 nitrogen and oxygen atoms in total. The van der Waals surface area contributed by atoms with Crippen molar-refractivity contribution in [1.82, 2.24) is 19.4 Å². The van der Waals surface area contributed by atoms with Gasteiger partial charge >= 0.3 is 12.0 Å². The molecule has 0 bridgehead atoms. The average molecular weight is 499 g/mol. The third kappa shape index (κ3) is 4.02. The summed E-state index contributed by atoms with van der Waals surface area (Å²) in [7, 11) is -2.60. The summed E-state index contributed by atoms with van der Waals surface area (Å²) in [5.41, 5.74) is -0.723. The monoisotopic (exact) mass is 498 g/mol. The number of esters is 1. The molecule has 1 aliphatic carbocycles. The summed E-state index contributed by atoms with van der Waals surface area (Å²) < 4.78 is 31.8. The predicted molar refractivity (Wildman–Crippen MR) is 117 cm³/mol. The Hall–Kier alpha value is -2.51. The summed E-state index contributed by atoms with van der Waals surface area (Å²) in [5, 5.41) is 4.20. The van der Waals surface area contributed by atoms with Gasteiger partial charge < -0.3 is 15.0 Å². The Morgan fingerprint density at radius 2 is 1.79 bits per heavy atom. The number of methoxy groups -OCH3 is 1. The van der Waals surface area contributed by atoms with Gasteiger partial charge in [-0.2, -0.15) is 4.31 Å². The number of piperazine rings is 1. The molecule has 4 amide bonds.